The quantitative estimate of drug-likeness (QED) is 0.740. The zero-order valence-electron chi connectivity index (χ0n) is 15.3. The highest BCUT2D eigenvalue weighted by atomic mass is 19.1. The molecule has 0 atom stereocenters. The monoisotopic (exact) mass is 385 g/mol. The van der Waals surface area contributed by atoms with E-state index in [1.165, 1.54) is 23.1 Å². The highest BCUT2D eigenvalue weighted by molar-refractivity contribution is 5.65. The van der Waals surface area contributed by atoms with Crippen molar-refractivity contribution in [2.75, 3.05) is 29.9 Å². The van der Waals surface area contributed by atoms with Gasteiger partial charge in [-0.3, -0.25) is 0 Å². The van der Waals surface area contributed by atoms with Gasteiger partial charge in [0.15, 0.2) is 0 Å². The van der Waals surface area contributed by atoms with E-state index in [4.69, 9.17) is 4.74 Å². The summed E-state index contributed by atoms with van der Waals surface area (Å²) >= 11 is 0. The van der Waals surface area contributed by atoms with E-state index < -0.39 is 11.6 Å². The van der Waals surface area contributed by atoms with Crippen LogP contribution in [-0.2, 0) is 4.74 Å². The number of ether oxygens (including phenoxy) is 1. The number of aromatic nitrogens is 3. The van der Waals surface area contributed by atoms with Crippen LogP contribution in [0.25, 0.3) is 5.69 Å². The SMILES string of the molecule is Cc1cc(Nc2ncn(-c3cc(F)cc(F)c3)n2)cc(N2CC3(CCO3)C2)c1.[HH]. The average Bonchev–Trinajstić information content (AvgIpc) is 2.99. The highest BCUT2D eigenvalue weighted by Gasteiger charge is 2.49. The third-order valence-corrected chi connectivity index (χ3v) is 5.21. The van der Waals surface area contributed by atoms with E-state index in [9.17, 15) is 8.78 Å². The fourth-order valence-corrected chi connectivity index (χ4v) is 3.74. The Morgan fingerprint density at radius 1 is 1.07 bits per heavy atom. The van der Waals surface area contributed by atoms with Crippen molar-refractivity contribution < 1.29 is 14.9 Å². The van der Waals surface area contributed by atoms with Crippen LogP contribution in [0.3, 0.4) is 0 Å². The maximum absolute atomic E-state index is 13.4. The Morgan fingerprint density at radius 2 is 1.82 bits per heavy atom. The number of nitrogens with zero attached hydrogens (tertiary/aromatic N) is 4. The minimum absolute atomic E-state index is 0. The number of halogens is 2. The molecular weight excluding hydrogens is 364 g/mol. The molecule has 2 aromatic carbocycles. The van der Waals surface area contributed by atoms with Crippen LogP contribution in [0.1, 0.15) is 13.4 Å². The molecule has 3 heterocycles. The van der Waals surface area contributed by atoms with Gasteiger partial charge in [-0.2, -0.15) is 4.98 Å². The van der Waals surface area contributed by atoms with Crippen molar-refractivity contribution in [1.29, 1.82) is 0 Å². The lowest BCUT2D eigenvalue weighted by Crippen LogP contribution is -2.68. The van der Waals surface area contributed by atoms with Gasteiger partial charge in [-0.15, -0.1) is 5.10 Å². The van der Waals surface area contributed by atoms with Crippen LogP contribution in [0.2, 0.25) is 0 Å². The highest BCUT2D eigenvalue weighted by Crippen LogP contribution is 2.39. The molecule has 1 N–H and O–H groups in total. The lowest BCUT2D eigenvalue weighted by molar-refractivity contribution is -0.160. The van der Waals surface area contributed by atoms with Crippen molar-refractivity contribution in [1.82, 2.24) is 14.8 Å². The molecule has 1 aromatic heterocycles. The van der Waals surface area contributed by atoms with Gasteiger partial charge in [0.05, 0.1) is 12.3 Å². The van der Waals surface area contributed by atoms with Crippen LogP contribution in [0.5, 0.6) is 0 Å². The first kappa shape index (κ1) is 17.1. The van der Waals surface area contributed by atoms with Crippen LogP contribution >= 0.6 is 0 Å². The van der Waals surface area contributed by atoms with Crippen molar-refractivity contribution >= 4 is 17.3 Å². The van der Waals surface area contributed by atoms with Crippen LogP contribution < -0.4 is 10.2 Å². The molecule has 146 valence electrons. The zero-order chi connectivity index (χ0) is 19.3. The summed E-state index contributed by atoms with van der Waals surface area (Å²) < 4.78 is 33.9. The third kappa shape index (κ3) is 3.09. The normalized spacial score (nSPS) is 17.3. The van der Waals surface area contributed by atoms with Crippen molar-refractivity contribution in [3.05, 3.63) is 59.9 Å². The maximum Gasteiger partial charge on any atom is 0.246 e. The lowest BCUT2D eigenvalue weighted by Gasteiger charge is -2.56. The molecule has 8 heteroatoms. The van der Waals surface area contributed by atoms with E-state index in [0.717, 1.165) is 49.1 Å². The van der Waals surface area contributed by atoms with Crippen molar-refractivity contribution in [3.63, 3.8) is 0 Å². The summed E-state index contributed by atoms with van der Waals surface area (Å²) in [5.41, 5.74) is 3.43. The fourth-order valence-electron chi connectivity index (χ4n) is 3.74. The van der Waals surface area contributed by atoms with E-state index in [-0.39, 0.29) is 12.7 Å². The van der Waals surface area contributed by atoms with Gasteiger partial charge in [-0.05, 0) is 42.8 Å². The number of aryl methyl sites for hydroxylation is 1. The molecule has 2 aliphatic heterocycles. The molecule has 1 spiro atoms. The molecule has 2 aliphatic rings. The summed E-state index contributed by atoms with van der Waals surface area (Å²) in [7, 11) is 0. The molecule has 5 rings (SSSR count). The number of hydrogen-bond donors (Lipinski definition) is 1. The summed E-state index contributed by atoms with van der Waals surface area (Å²) in [5.74, 6) is -0.971. The number of hydrogen-bond acceptors (Lipinski definition) is 5. The van der Waals surface area contributed by atoms with Gasteiger partial charge < -0.3 is 15.0 Å². The van der Waals surface area contributed by atoms with Crippen molar-refractivity contribution in [3.8, 4) is 5.69 Å². The van der Waals surface area contributed by atoms with Gasteiger partial charge in [0, 0.05) is 38.4 Å². The van der Waals surface area contributed by atoms with Crippen LogP contribution in [-0.4, -0.2) is 40.1 Å². The summed E-state index contributed by atoms with van der Waals surface area (Å²) in [6.07, 6.45) is 2.54. The van der Waals surface area contributed by atoms with E-state index in [0.29, 0.717) is 5.95 Å². The van der Waals surface area contributed by atoms with Gasteiger partial charge in [0.2, 0.25) is 5.95 Å². The van der Waals surface area contributed by atoms with E-state index >= 15 is 0 Å². The van der Waals surface area contributed by atoms with Gasteiger partial charge in [-0.1, -0.05) is 0 Å². The van der Waals surface area contributed by atoms with Gasteiger partial charge >= 0.3 is 0 Å². The summed E-state index contributed by atoms with van der Waals surface area (Å²) in [5, 5.41) is 7.44. The van der Waals surface area contributed by atoms with Crippen molar-refractivity contribution in [2.45, 2.75) is 18.9 Å². The lowest BCUT2D eigenvalue weighted by atomic mass is 9.85. The number of anilines is 3. The number of rotatable bonds is 4. The molecule has 0 unspecified atom stereocenters. The molecule has 2 fully saturated rings. The molecule has 0 amide bonds. The average molecular weight is 385 g/mol. The third-order valence-electron chi connectivity index (χ3n) is 5.21. The van der Waals surface area contributed by atoms with E-state index in [2.05, 4.69) is 26.4 Å². The van der Waals surface area contributed by atoms with Crippen LogP contribution in [0, 0.1) is 18.6 Å². The minimum Gasteiger partial charge on any atom is -0.371 e. The van der Waals surface area contributed by atoms with Crippen molar-refractivity contribution in [2.24, 2.45) is 0 Å². The molecule has 0 saturated carbocycles. The molecule has 0 bridgehead atoms. The largest absolute Gasteiger partial charge is 0.371 e. The first-order chi connectivity index (χ1) is 13.5. The minimum atomic E-state index is -0.661. The topological polar surface area (TPSA) is 55.2 Å². The second-order valence-corrected chi connectivity index (χ2v) is 7.46. The first-order valence-corrected chi connectivity index (χ1v) is 9.14. The summed E-state index contributed by atoms with van der Waals surface area (Å²) in [6, 6.07) is 9.41. The molecule has 0 aliphatic carbocycles. The molecule has 28 heavy (non-hydrogen) atoms. The van der Waals surface area contributed by atoms with Gasteiger partial charge in [-0.25, -0.2) is 13.5 Å². The standard InChI is InChI=1S/C20H19F2N5O.H2/c1-13-4-16(9-17(5-13)26-10-20(11-26)2-3-28-20)24-19-23-12-27(25-19)18-7-14(21)6-15(22)8-18;/h4-9,12H,2-3,10-11H2,1H3,(H,24,25);1H. The van der Waals surface area contributed by atoms with Gasteiger partial charge in [0.25, 0.3) is 0 Å². The second kappa shape index (κ2) is 6.27. The summed E-state index contributed by atoms with van der Waals surface area (Å²) in [6.45, 7) is 4.71. The second-order valence-electron chi connectivity index (χ2n) is 7.46. The maximum atomic E-state index is 13.4. The Kier molecular flexibility index (Phi) is 3.83. The van der Waals surface area contributed by atoms with Gasteiger partial charge in [0.1, 0.15) is 23.6 Å². The first-order valence-electron chi connectivity index (χ1n) is 9.14. The number of benzene rings is 2. The van der Waals surface area contributed by atoms with E-state index in [1.807, 2.05) is 19.1 Å². The Morgan fingerprint density at radius 3 is 2.50 bits per heavy atom. The predicted octanol–water partition coefficient (Wildman–Crippen LogP) is 3.82. The van der Waals surface area contributed by atoms with E-state index in [1.54, 1.807) is 0 Å². The molecular formula is C20H21F2N5O. The Bertz CT molecular complexity index is 1020. The van der Waals surface area contributed by atoms with Crippen LogP contribution in [0.15, 0.2) is 42.7 Å². The van der Waals surface area contributed by atoms with Crippen LogP contribution in [0.4, 0.5) is 26.1 Å². The Labute approximate surface area is 162 Å². The molecule has 2 saturated heterocycles. The number of nitrogens with one attached hydrogen (secondary N) is 1. The molecule has 3 aromatic rings. The molecule has 6 nitrogen and oxygen atoms in total. The summed E-state index contributed by atoms with van der Waals surface area (Å²) in [4.78, 5) is 6.48. The predicted molar refractivity (Wildman–Crippen MR) is 103 cm³/mol. The molecule has 0 radical (unpaired) electrons. The Hall–Kier alpha value is -3.00. The fraction of sp³-hybridized carbons (Fsp3) is 0.300. The smallest absolute Gasteiger partial charge is 0.246 e. The Balaban J connectivity index is 0.00000205. The zero-order valence-corrected chi connectivity index (χ0v) is 15.3.